The monoisotopic (exact) mass is 698 g/mol. The van der Waals surface area contributed by atoms with Crippen molar-refractivity contribution in [3.05, 3.63) is 143 Å². The Kier molecular flexibility index (Phi) is 9.46. The number of hydrogen-bond donors (Lipinski definition) is 1. The Balaban J connectivity index is 0.951. The first-order chi connectivity index (χ1) is 24.7. The summed E-state index contributed by atoms with van der Waals surface area (Å²) >= 11 is 0. The van der Waals surface area contributed by atoms with Crippen LogP contribution in [-0.4, -0.2) is 53.5 Å². The van der Waals surface area contributed by atoms with Crippen LogP contribution in [0.4, 0.5) is 34.6 Å². The van der Waals surface area contributed by atoms with Gasteiger partial charge in [0.1, 0.15) is 35.6 Å². The van der Waals surface area contributed by atoms with E-state index >= 15 is 0 Å². The molecule has 1 aromatic heterocycles. The molecule has 7 rings (SSSR count). The summed E-state index contributed by atoms with van der Waals surface area (Å²) in [4.78, 5) is 21.1. The molecule has 0 radical (unpaired) electrons. The first kappa shape index (κ1) is 33.8. The third kappa shape index (κ3) is 7.43. The number of carbonyl (C=O) groups excluding carboxylic acids is 1. The number of ether oxygens (including phenoxy) is 2. The lowest BCUT2D eigenvalue weighted by atomic mass is 9.89. The van der Waals surface area contributed by atoms with Gasteiger partial charge in [-0.05, 0) is 78.7 Å². The molecule has 1 N–H and O–H groups in total. The van der Waals surface area contributed by atoms with Crippen LogP contribution in [0.25, 0.3) is 0 Å². The highest BCUT2D eigenvalue weighted by atomic mass is 19.2. The number of nitrogens with one attached hydrogen (secondary N) is 1. The van der Waals surface area contributed by atoms with Crippen LogP contribution in [-0.2, 0) is 16.9 Å². The van der Waals surface area contributed by atoms with Gasteiger partial charge in [-0.1, -0.05) is 6.07 Å². The highest BCUT2D eigenvalue weighted by molar-refractivity contribution is 6.04. The van der Waals surface area contributed by atoms with E-state index in [-0.39, 0.29) is 24.4 Å². The van der Waals surface area contributed by atoms with Crippen molar-refractivity contribution >= 4 is 23.0 Å². The summed E-state index contributed by atoms with van der Waals surface area (Å²) < 4.78 is 69.3. The number of hydrogen-bond acceptors (Lipinski definition) is 7. The summed E-state index contributed by atoms with van der Waals surface area (Å²) in [6.45, 7) is 5.49. The van der Waals surface area contributed by atoms with Gasteiger partial charge in [0.15, 0.2) is 11.6 Å². The Morgan fingerprint density at radius 2 is 1.63 bits per heavy atom. The van der Waals surface area contributed by atoms with Crippen LogP contribution >= 0.6 is 0 Å². The van der Waals surface area contributed by atoms with E-state index in [9.17, 15) is 22.4 Å². The maximum atomic E-state index is 15.0. The topological polar surface area (TPSA) is 84.8 Å². The fourth-order valence-corrected chi connectivity index (χ4v) is 6.50. The van der Waals surface area contributed by atoms with E-state index in [4.69, 9.17) is 9.47 Å². The molecule has 1 amide bonds. The summed E-state index contributed by atoms with van der Waals surface area (Å²) in [5, 5.41) is 6.75. The van der Waals surface area contributed by atoms with Crippen molar-refractivity contribution in [2.75, 3.05) is 47.9 Å². The molecule has 0 saturated carbocycles. The zero-order chi connectivity index (χ0) is 35.5. The van der Waals surface area contributed by atoms with Gasteiger partial charge < -0.3 is 24.6 Å². The van der Waals surface area contributed by atoms with E-state index in [0.717, 1.165) is 66.9 Å². The van der Waals surface area contributed by atoms with E-state index in [1.807, 2.05) is 31.2 Å². The van der Waals surface area contributed by atoms with Gasteiger partial charge in [0.05, 0.1) is 19.4 Å². The molecule has 13 heteroatoms. The molecule has 1 atom stereocenters. The van der Waals surface area contributed by atoms with Gasteiger partial charge in [-0.25, -0.2) is 27.2 Å². The second-order valence-corrected chi connectivity index (χ2v) is 12.6. The van der Waals surface area contributed by atoms with Crippen molar-refractivity contribution in [1.82, 2.24) is 14.8 Å². The number of carbonyl (C=O) groups is 1. The molecule has 4 aromatic carbocycles. The van der Waals surface area contributed by atoms with Crippen molar-refractivity contribution in [2.24, 2.45) is 0 Å². The molecule has 0 spiro atoms. The van der Waals surface area contributed by atoms with Gasteiger partial charge in [-0.2, -0.15) is 5.10 Å². The molecular weight excluding hydrogens is 664 g/mol. The number of halogens is 4. The number of benzene rings is 4. The molecule has 2 fully saturated rings. The first-order valence-electron chi connectivity index (χ1n) is 16.4. The summed E-state index contributed by atoms with van der Waals surface area (Å²) in [7, 11) is 0. The first-order valence-corrected chi connectivity index (χ1v) is 16.4. The number of nitrogens with zero attached hydrogens (tertiary/aromatic N) is 5. The van der Waals surface area contributed by atoms with Crippen molar-refractivity contribution < 1.29 is 31.8 Å². The number of rotatable bonds is 9. The molecule has 262 valence electrons. The van der Waals surface area contributed by atoms with Crippen molar-refractivity contribution in [3.63, 3.8) is 0 Å². The maximum Gasteiger partial charge on any atom is 0.255 e. The molecule has 51 heavy (non-hydrogen) atoms. The smallest absolute Gasteiger partial charge is 0.255 e. The van der Waals surface area contributed by atoms with Crippen LogP contribution in [0.2, 0.25) is 0 Å². The molecule has 2 aliphatic heterocycles. The molecule has 2 saturated heterocycles. The van der Waals surface area contributed by atoms with Gasteiger partial charge in [0.25, 0.3) is 5.91 Å². The number of anilines is 3. The zero-order valence-corrected chi connectivity index (χ0v) is 27.7. The lowest BCUT2D eigenvalue weighted by Crippen LogP contribution is -2.46. The number of aromatic nitrogens is 3. The van der Waals surface area contributed by atoms with Gasteiger partial charge in [0.2, 0.25) is 0 Å². The van der Waals surface area contributed by atoms with Crippen LogP contribution in [0, 0.1) is 30.2 Å². The fraction of sp³-hybridized carbons (Fsp3) is 0.237. The van der Waals surface area contributed by atoms with Crippen molar-refractivity contribution in [1.29, 1.82) is 0 Å². The normalized spacial score (nSPS) is 18.3. The summed E-state index contributed by atoms with van der Waals surface area (Å²) in [5.41, 5.74) is 3.53. The van der Waals surface area contributed by atoms with E-state index in [2.05, 4.69) is 31.3 Å². The maximum absolute atomic E-state index is 15.0. The van der Waals surface area contributed by atoms with E-state index < -0.39 is 34.8 Å². The van der Waals surface area contributed by atoms with Crippen LogP contribution in [0.3, 0.4) is 0 Å². The minimum absolute atomic E-state index is 0.178. The standard InChI is InChI=1S/C38H34F4N6O3/c1-25-16-31(47-14-12-46(13-15-47)30-6-2-27(3-7-30)37(49)45-29-5-10-33(40)35(42)18-29)8-11-36(25)50-20-26-19-38(51-21-26,22-48-24-43-23-44-48)32-9-4-28(39)17-34(32)41/h2-11,16-18,20,23-24H,12-15,19,21-22H2,1H3,(H,45,49)/b26-20-/t38-/m0/s1. The highest BCUT2D eigenvalue weighted by Gasteiger charge is 2.42. The Labute approximate surface area is 291 Å². The third-order valence-corrected chi connectivity index (χ3v) is 9.18. The summed E-state index contributed by atoms with van der Waals surface area (Å²) in [6, 6.07) is 19.9. The van der Waals surface area contributed by atoms with Crippen molar-refractivity contribution in [3.8, 4) is 5.75 Å². The summed E-state index contributed by atoms with van der Waals surface area (Å²) in [5.74, 6) is -3.08. The zero-order valence-electron chi connectivity index (χ0n) is 27.7. The number of amides is 1. The SMILES string of the molecule is Cc1cc(N2CCN(c3ccc(C(=O)Nc4ccc(F)c(F)c4)cc3)CC2)ccc1O/C=C1\CO[C@@](Cn2cncn2)(c2ccc(F)cc2F)C1. The largest absolute Gasteiger partial charge is 0.465 e. The second kappa shape index (κ2) is 14.3. The van der Waals surface area contributed by atoms with Crippen molar-refractivity contribution in [2.45, 2.75) is 25.5 Å². The predicted molar refractivity (Wildman–Crippen MR) is 184 cm³/mol. The van der Waals surface area contributed by atoms with Crippen LogP contribution in [0.5, 0.6) is 5.75 Å². The molecule has 9 nitrogen and oxygen atoms in total. The molecule has 3 heterocycles. The second-order valence-electron chi connectivity index (χ2n) is 12.6. The molecule has 0 unspecified atom stereocenters. The molecule has 0 aliphatic carbocycles. The van der Waals surface area contributed by atoms with Gasteiger partial charge in [0, 0.05) is 72.9 Å². The van der Waals surface area contributed by atoms with E-state index in [1.165, 1.54) is 30.9 Å². The van der Waals surface area contributed by atoms with Gasteiger partial charge in [-0.15, -0.1) is 0 Å². The quantitative estimate of drug-likeness (QED) is 0.131. The Morgan fingerprint density at radius 3 is 2.31 bits per heavy atom. The fourth-order valence-electron chi connectivity index (χ4n) is 6.50. The average molecular weight is 699 g/mol. The molecule has 5 aromatic rings. The molecule has 2 aliphatic rings. The Morgan fingerprint density at radius 1 is 0.882 bits per heavy atom. The molecule has 0 bridgehead atoms. The third-order valence-electron chi connectivity index (χ3n) is 9.18. The van der Waals surface area contributed by atoms with E-state index in [1.54, 1.807) is 23.1 Å². The Hall–Kier alpha value is -5.69. The summed E-state index contributed by atoms with van der Waals surface area (Å²) in [6.07, 6.45) is 4.89. The predicted octanol–water partition coefficient (Wildman–Crippen LogP) is 7.00. The van der Waals surface area contributed by atoms with Crippen LogP contribution in [0.15, 0.2) is 103 Å². The Bertz CT molecular complexity index is 2070. The highest BCUT2D eigenvalue weighted by Crippen LogP contribution is 2.42. The lowest BCUT2D eigenvalue weighted by Gasteiger charge is -2.37. The molecular formula is C38H34F4N6O3. The minimum atomic E-state index is -1.11. The van der Waals surface area contributed by atoms with Gasteiger partial charge in [-0.3, -0.25) is 4.79 Å². The minimum Gasteiger partial charge on any atom is -0.465 e. The number of aryl methyl sites for hydroxylation is 1. The lowest BCUT2D eigenvalue weighted by molar-refractivity contribution is -0.0193. The average Bonchev–Trinajstić information content (AvgIpc) is 3.80. The van der Waals surface area contributed by atoms with E-state index in [0.29, 0.717) is 17.7 Å². The van der Waals surface area contributed by atoms with Gasteiger partial charge >= 0.3 is 0 Å². The number of piperazine rings is 1. The van der Waals surface area contributed by atoms with Crippen LogP contribution < -0.4 is 19.9 Å². The van der Waals surface area contributed by atoms with Crippen LogP contribution in [0.1, 0.15) is 27.9 Å².